The molecular weight excluding hydrogens is 224 g/mol. The van der Waals surface area contributed by atoms with Gasteiger partial charge in [-0.05, 0) is 12.2 Å². The van der Waals surface area contributed by atoms with E-state index in [1.807, 2.05) is 48.6 Å². The summed E-state index contributed by atoms with van der Waals surface area (Å²) in [5.41, 5.74) is 1.14. The topological polar surface area (TPSA) is 34.1 Å². The van der Waals surface area contributed by atoms with E-state index in [2.05, 4.69) is 0 Å². The van der Waals surface area contributed by atoms with Crippen molar-refractivity contribution in [2.24, 2.45) is 11.8 Å². The van der Waals surface area contributed by atoms with E-state index in [4.69, 9.17) is 0 Å². The molecule has 88 valence electrons. The fraction of sp³-hybridized carbons (Fsp3) is 0.125. The molecule has 0 saturated carbocycles. The van der Waals surface area contributed by atoms with Crippen molar-refractivity contribution in [3.8, 4) is 0 Å². The highest BCUT2D eigenvalue weighted by molar-refractivity contribution is 6.20. The summed E-state index contributed by atoms with van der Waals surface area (Å²) in [5.74, 6) is -0.207. The van der Waals surface area contributed by atoms with Gasteiger partial charge in [-0.1, -0.05) is 48.6 Å². The molecule has 0 amide bonds. The van der Waals surface area contributed by atoms with Gasteiger partial charge in [0.2, 0.25) is 0 Å². The van der Waals surface area contributed by atoms with Gasteiger partial charge >= 0.3 is 0 Å². The summed E-state index contributed by atoms with van der Waals surface area (Å²) in [4.78, 5) is 24.2. The zero-order chi connectivity index (χ0) is 12.5. The van der Waals surface area contributed by atoms with E-state index in [9.17, 15) is 9.59 Å². The van der Waals surface area contributed by atoms with E-state index in [1.165, 1.54) is 12.2 Å². The first-order chi connectivity index (χ1) is 8.75. The quantitative estimate of drug-likeness (QED) is 0.690. The van der Waals surface area contributed by atoms with Crippen LogP contribution in [0.2, 0.25) is 0 Å². The Labute approximate surface area is 105 Å². The third kappa shape index (κ3) is 1.76. The van der Waals surface area contributed by atoms with Crippen molar-refractivity contribution in [2.75, 3.05) is 0 Å². The molecule has 0 heterocycles. The predicted molar refractivity (Wildman–Crippen MR) is 69.7 cm³/mol. The highest BCUT2D eigenvalue weighted by Crippen LogP contribution is 2.28. The number of ketones is 2. The van der Waals surface area contributed by atoms with Crippen LogP contribution < -0.4 is 0 Å². The molecule has 3 aliphatic rings. The minimum Gasteiger partial charge on any atom is -0.290 e. The van der Waals surface area contributed by atoms with Crippen LogP contribution in [-0.2, 0) is 9.59 Å². The van der Waals surface area contributed by atoms with Gasteiger partial charge in [0.1, 0.15) is 0 Å². The summed E-state index contributed by atoms with van der Waals surface area (Å²) in [5, 5.41) is 0. The Morgan fingerprint density at radius 2 is 0.944 bits per heavy atom. The van der Waals surface area contributed by atoms with Gasteiger partial charge in [0.15, 0.2) is 11.6 Å². The Kier molecular flexibility index (Phi) is 2.56. The Hall–Kier alpha value is -2.22. The third-order valence-electron chi connectivity index (χ3n) is 3.36. The molecule has 0 fully saturated rings. The van der Waals surface area contributed by atoms with Crippen molar-refractivity contribution in [2.45, 2.75) is 0 Å². The minimum absolute atomic E-state index is 0.0473. The first-order valence-corrected chi connectivity index (χ1v) is 5.97. The van der Waals surface area contributed by atoms with Crippen LogP contribution >= 0.6 is 0 Å². The monoisotopic (exact) mass is 236 g/mol. The van der Waals surface area contributed by atoms with Crippen molar-refractivity contribution in [1.82, 2.24) is 0 Å². The number of carbonyl (C=O) groups excluding carboxylic acids is 2. The lowest BCUT2D eigenvalue weighted by molar-refractivity contribution is -0.115. The molecule has 0 unspecified atom stereocenters. The number of hydrogen-bond donors (Lipinski definition) is 0. The molecule has 0 atom stereocenters. The largest absolute Gasteiger partial charge is 0.290 e. The molecule has 0 aromatic heterocycles. The first kappa shape index (κ1) is 10.9. The molecule has 0 aliphatic heterocycles. The van der Waals surface area contributed by atoms with Gasteiger partial charge in [0, 0.05) is 23.0 Å². The fourth-order valence-electron chi connectivity index (χ4n) is 2.39. The Bertz CT molecular complexity index is 517. The highest BCUT2D eigenvalue weighted by atomic mass is 16.1. The Morgan fingerprint density at radius 3 is 1.28 bits per heavy atom. The maximum absolute atomic E-state index is 12.1. The number of hydrogen-bond acceptors (Lipinski definition) is 2. The number of rotatable bonds is 2. The van der Waals surface area contributed by atoms with E-state index in [0.29, 0.717) is 11.1 Å². The maximum atomic E-state index is 12.1. The van der Waals surface area contributed by atoms with Gasteiger partial charge < -0.3 is 0 Å². The molecule has 0 saturated heterocycles. The average Bonchev–Trinajstić information content (AvgIpc) is 3.02. The molecule has 0 N–H and O–H groups in total. The standard InChI is InChI=1S/C16H12O2/c17-15-10-14(12-7-3-4-8-12)16(18)9-13(15)11-5-1-2-6-11/h1-12H. The molecule has 0 radical (unpaired) electrons. The lowest BCUT2D eigenvalue weighted by atomic mass is 9.85. The molecule has 2 nitrogen and oxygen atoms in total. The normalized spacial score (nSPS) is 23.1. The summed E-state index contributed by atoms with van der Waals surface area (Å²) in [6.07, 6.45) is 18.2. The van der Waals surface area contributed by atoms with Gasteiger partial charge in [-0.2, -0.15) is 0 Å². The summed E-state index contributed by atoms with van der Waals surface area (Å²) < 4.78 is 0. The number of carbonyl (C=O) groups is 2. The van der Waals surface area contributed by atoms with Crippen molar-refractivity contribution >= 4 is 11.6 Å². The molecule has 0 bridgehead atoms. The second-order valence-electron chi connectivity index (χ2n) is 4.52. The summed E-state index contributed by atoms with van der Waals surface area (Å²) >= 11 is 0. The van der Waals surface area contributed by atoms with Gasteiger partial charge in [-0.25, -0.2) is 0 Å². The van der Waals surface area contributed by atoms with Crippen LogP contribution in [0, 0.1) is 11.8 Å². The van der Waals surface area contributed by atoms with Crippen LogP contribution in [-0.4, -0.2) is 11.6 Å². The second-order valence-corrected chi connectivity index (χ2v) is 4.52. The van der Waals surface area contributed by atoms with Crippen molar-refractivity contribution in [3.63, 3.8) is 0 Å². The molecule has 2 heteroatoms. The van der Waals surface area contributed by atoms with Crippen LogP contribution in [0.4, 0.5) is 0 Å². The SMILES string of the molecule is O=C1C=C(C2C=CC=C2)C(=O)C=C1C1C=CC=C1. The smallest absolute Gasteiger partial charge is 0.183 e. The van der Waals surface area contributed by atoms with E-state index in [1.54, 1.807) is 0 Å². The third-order valence-corrected chi connectivity index (χ3v) is 3.36. The van der Waals surface area contributed by atoms with Crippen molar-refractivity contribution in [3.05, 3.63) is 71.9 Å². The van der Waals surface area contributed by atoms with E-state index in [-0.39, 0.29) is 23.4 Å². The molecule has 3 rings (SSSR count). The second kappa shape index (κ2) is 4.22. The number of allylic oxidation sites excluding steroid dienone is 12. The molecule has 0 spiro atoms. The van der Waals surface area contributed by atoms with Crippen molar-refractivity contribution in [1.29, 1.82) is 0 Å². The van der Waals surface area contributed by atoms with Gasteiger partial charge in [-0.3, -0.25) is 9.59 Å². The fourth-order valence-corrected chi connectivity index (χ4v) is 2.39. The van der Waals surface area contributed by atoms with Crippen molar-refractivity contribution < 1.29 is 9.59 Å². The maximum Gasteiger partial charge on any atom is 0.183 e. The first-order valence-electron chi connectivity index (χ1n) is 5.97. The Balaban J connectivity index is 1.90. The minimum atomic E-state index is -0.0560. The van der Waals surface area contributed by atoms with Crippen LogP contribution in [0.1, 0.15) is 0 Å². The zero-order valence-electron chi connectivity index (χ0n) is 9.74. The lowest BCUT2D eigenvalue weighted by Crippen LogP contribution is -2.19. The summed E-state index contributed by atoms with van der Waals surface area (Å²) in [6.45, 7) is 0. The molecule has 3 aliphatic carbocycles. The average molecular weight is 236 g/mol. The lowest BCUT2D eigenvalue weighted by Gasteiger charge is -2.17. The molecule has 18 heavy (non-hydrogen) atoms. The van der Waals surface area contributed by atoms with Gasteiger partial charge in [-0.15, -0.1) is 0 Å². The van der Waals surface area contributed by atoms with Crippen LogP contribution in [0.15, 0.2) is 71.9 Å². The molecular formula is C16H12O2. The van der Waals surface area contributed by atoms with Gasteiger partial charge in [0.05, 0.1) is 0 Å². The van der Waals surface area contributed by atoms with E-state index in [0.717, 1.165) is 0 Å². The Morgan fingerprint density at radius 1 is 0.611 bits per heavy atom. The highest BCUT2D eigenvalue weighted by Gasteiger charge is 2.27. The summed E-state index contributed by atoms with van der Waals surface area (Å²) in [6, 6.07) is 0. The zero-order valence-corrected chi connectivity index (χ0v) is 9.74. The molecule has 0 aromatic rings. The van der Waals surface area contributed by atoms with E-state index < -0.39 is 0 Å². The van der Waals surface area contributed by atoms with Crippen LogP contribution in [0.5, 0.6) is 0 Å². The van der Waals surface area contributed by atoms with Crippen LogP contribution in [0.25, 0.3) is 0 Å². The van der Waals surface area contributed by atoms with Crippen LogP contribution in [0.3, 0.4) is 0 Å². The van der Waals surface area contributed by atoms with Gasteiger partial charge in [0.25, 0.3) is 0 Å². The summed E-state index contributed by atoms with van der Waals surface area (Å²) in [7, 11) is 0. The predicted octanol–water partition coefficient (Wildman–Crippen LogP) is 2.48. The van der Waals surface area contributed by atoms with E-state index >= 15 is 0 Å². The molecule has 0 aromatic carbocycles.